The van der Waals surface area contributed by atoms with Crippen molar-refractivity contribution >= 4 is 34.5 Å². The van der Waals surface area contributed by atoms with E-state index in [1.807, 2.05) is 54.6 Å². The van der Waals surface area contributed by atoms with Gasteiger partial charge in [0.25, 0.3) is 5.69 Å². The van der Waals surface area contributed by atoms with Crippen LogP contribution in [0, 0.1) is 10.1 Å². The number of nitrogens with one attached hydrogen (secondary N) is 2. The normalized spacial score (nSPS) is 17.2. The Morgan fingerprint density at radius 3 is 2.58 bits per heavy atom. The molecule has 8 heteroatoms. The topological polar surface area (TPSA) is 109 Å². The number of amidine groups is 1. The van der Waals surface area contributed by atoms with E-state index in [4.69, 9.17) is 4.99 Å². The molecule has 2 N–H and O–H groups in total. The fourth-order valence-electron chi connectivity index (χ4n) is 4.12. The molecule has 0 saturated heterocycles. The van der Waals surface area contributed by atoms with E-state index in [1.54, 1.807) is 6.07 Å². The molecule has 2 aliphatic heterocycles. The summed E-state index contributed by atoms with van der Waals surface area (Å²) in [4.78, 5) is 33.1. The molecule has 3 aromatic carbocycles. The SMILES string of the molecule is O=C1Nc2ccc([N+](=O)[O-])cc2C1C(=Nc1ccc(CC2=NCCN2)cc1)c1ccccc1. The third kappa shape index (κ3) is 4.23. The molecule has 164 valence electrons. The fraction of sp³-hybridized carbons (Fsp3) is 0.160. The summed E-state index contributed by atoms with van der Waals surface area (Å²) in [6.07, 6.45) is 0.734. The predicted octanol–water partition coefficient (Wildman–Crippen LogP) is 4.00. The quantitative estimate of drug-likeness (QED) is 0.344. The minimum atomic E-state index is -0.751. The molecule has 0 bridgehead atoms. The van der Waals surface area contributed by atoms with Crippen LogP contribution in [0.4, 0.5) is 17.1 Å². The van der Waals surface area contributed by atoms with Gasteiger partial charge in [-0.05, 0) is 29.3 Å². The van der Waals surface area contributed by atoms with Gasteiger partial charge < -0.3 is 10.6 Å². The van der Waals surface area contributed by atoms with Crippen LogP contribution in [0.15, 0.2) is 82.8 Å². The molecule has 1 amide bonds. The molecule has 2 heterocycles. The number of anilines is 1. The van der Waals surface area contributed by atoms with Crippen LogP contribution in [-0.4, -0.2) is 35.5 Å². The van der Waals surface area contributed by atoms with Crippen LogP contribution in [-0.2, 0) is 11.2 Å². The number of carbonyl (C=O) groups is 1. The van der Waals surface area contributed by atoms with Crippen LogP contribution in [0.25, 0.3) is 0 Å². The fourth-order valence-corrected chi connectivity index (χ4v) is 4.12. The van der Waals surface area contributed by atoms with Crippen LogP contribution >= 0.6 is 0 Å². The highest BCUT2D eigenvalue weighted by Crippen LogP contribution is 2.38. The molecule has 3 aromatic rings. The Bertz CT molecular complexity index is 1280. The van der Waals surface area contributed by atoms with Crippen LogP contribution in [0.3, 0.4) is 0 Å². The molecule has 33 heavy (non-hydrogen) atoms. The van der Waals surface area contributed by atoms with E-state index in [9.17, 15) is 14.9 Å². The van der Waals surface area contributed by atoms with Crippen molar-refractivity contribution in [2.24, 2.45) is 9.98 Å². The van der Waals surface area contributed by atoms with Gasteiger partial charge in [-0.1, -0.05) is 42.5 Å². The molecule has 0 saturated carbocycles. The first-order chi connectivity index (χ1) is 16.1. The number of nitro groups is 1. The van der Waals surface area contributed by atoms with Crippen molar-refractivity contribution in [2.75, 3.05) is 18.4 Å². The van der Waals surface area contributed by atoms with Gasteiger partial charge >= 0.3 is 0 Å². The number of rotatable bonds is 6. The second-order valence-electron chi connectivity index (χ2n) is 7.91. The van der Waals surface area contributed by atoms with Gasteiger partial charge in [-0.15, -0.1) is 0 Å². The zero-order valence-corrected chi connectivity index (χ0v) is 17.7. The zero-order chi connectivity index (χ0) is 22.8. The lowest BCUT2D eigenvalue weighted by Gasteiger charge is -2.14. The maximum Gasteiger partial charge on any atom is 0.269 e. The average Bonchev–Trinajstić information content (AvgIpc) is 3.45. The summed E-state index contributed by atoms with van der Waals surface area (Å²) in [5.41, 5.74) is 4.20. The Labute approximate surface area is 190 Å². The van der Waals surface area contributed by atoms with Crippen molar-refractivity contribution in [3.8, 4) is 0 Å². The van der Waals surface area contributed by atoms with Gasteiger partial charge in [0, 0.05) is 36.3 Å². The minimum absolute atomic E-state index is 0.0598. The zero-order valence-electron chi connectivity index (χ0n) is 17.7. The van der Waals surface area contributed by atoms with E-state index in [0.29, 0.717) is 22.6 Å². The van der Waals surface area contributed by atoms with Crippen LogP contribution in [0.2, 0.25) is 0 Å². The first-order valence-electron chi connectivity index (χ1n) is 10.7. The molecular formula is C25H21N5O3. The predicted molar refractivity (Wildman–Crippen MR) is 128 cm³/mol. The van der Waals surface area contributed by atoms with Crippen molar-refractivity contribution in [2.45, 2.75) is 12.3 Å². The summed E-state index contributed by atoms with van der Waals surface area (Å²) in [7, 11) is 0. The Hall–Kier alpha value is -4.33. The van der Waals surface area contributed by atoms with E-state index in [-0.39, 0.29) is 11.6 Å². The largest absolute Gasteiger partial charge is 0.372 e. The maximum absolute atomic E-state index is 13.0. The number of fused-ring (bicyclic) bond motifs is 1. The monoisotopic (exact) mass is 439 g/mol. The van der Waals surface area contributed by atoms with Gasteiger partial charge in [0.05, 0.1) is 22.9 Å². The molecule has 1 atom stereocenters. The Balaban J connectivity index is 1.54. The highest BCUT2D eigenvalue weighted by atomic mass is 16.6. The number of carbonyl (C=O) groups excluding carboxylic acids is 1. The van der Waals surface area contributed by atoms with Gasteiger partial charge in [0.15, 0.2) is 0 Å². The first kappa shape index (κ1) is 20.6. The second kappa shape index (κ2) is 8.66. The van der Waals surface area contributed by atoms with Crippen molar-refractivity contribution < 1.29 is 9.72 Å². The second-order valence-corrected chi connectivity index (χ2v) is 7.91. The Kier molecular flexibility index (Phi) is 5.40. The van der Waals surface area contributed by atoms with E-state index in [0.717, 1.165) is 36.5 Å². The molecule has 0 aliphatic carbocycles. The Morgan fingerprint density at radius 1 is 1.09 bits per heavy atom. The third-order valence-corrected chi connectivity index (χ3v) is 5.72. The van der Waals surface area contributed by atoms with Crippen molar-refractivity contribution in [1.29, 1.82) is 0 Å². The number of amides is 1. The highest BCUT2D eigenvalue weighted by Gasteiger charge is 2.36. The summed E-state index contributed by atoms with van der Waals surface area (Å²) in [5, 5.41) is 17.4. The van der Waals surface area contributed by atoms with Crippen molar-refractivity contribution in [3.63, 3.8) is 0 Å². The smallest absolute Gasteiger partial charge is 0.269 e. The summed E-state index contributed by atoms with van der Waals surface area (Å²) in [6.45, 7) is 1.68. The van der Waals surface area contributed by atoms with Gasteiger partial charge in [0.1, 0.15) is 11.8 Å². The summed E-state index contributed by atoms with van der Waals surface area (Å²) >= 11 is 0. The van der Waals surface area contributed by atoms with Crippen molar-refractivity contribution in [3.05, 3.63) is 99.6 Å². The van der Waals surface area contributed by atoms with E-state index in [2.05, 4.69) is 15.6 Å². The molecule has 1 unspecified atom stereocenters. The molecule has 5 rings (SSSR count). The average molecular weight is 439 g/mol. The van der Waals surface area contributed by atoms with E-state index >= 15 is 0 Å². The first-order valence-corrected chi connectivity index (χ1v) is 10.7. The molecule has 0 aromatic heterocycles. The lowest BCUT2D eigenvalue weighted by Crippen LogP contribution is -2.22. The van der Waals surface area contributed by atoms with E-state index in [1.165, 1.54) is 12.1 Å². The van der Waals surface area contributed by atoms with Gasteiger partial charge in [-0.3, -0.25) is 24.9 Å². The number of non-ortho nitro benzene ring substituents is 1. The van der Waals surface area contributed by atoms with E-state index < -0.39 is 10.8 Å². The standard InChI is InChI=1S/C25H21N5O3/c31-25-23(20-15-19(30(32)33)10-11-21(20)29-25)24(17-4-2-1-3-5-17)28-18-8-6-16(7-9-18)14-22-26-12-13-27-22/h1-11,15,23H,12-14H2,(H,26,27)(H,29,31). The molecule has 0 spiro atoms. The maximum atomic E-state index is 13.0. The molecule has 0 fully saturated rings. The number of aliphatic imine (C=N–C) groups is 2. The summed E-state index contributed by atoms with van der Waals surface area (Å²) in [5.74, 6) is -0.0221. The van der Waals surface area contributed by atoms with Gasteiger partial charge in [-0.2, -0.15) is 0 Å². The third-order valence-electron chi connectivity index (χ3n) is 5.72. The number of benzene rings is 3. The summed E-state index contributed by atoms with van der Waals surface area (Å²) < 4.78 is 0. The lowest BCUT2D eigenvalue weighted by molar-refractivity contribution is -0.384. The molecule has 8 nitrogen and oxygen atoms in total. The molecule has 0 radical (unpaired) electrons. The molecule has 2 aliphatic rings. The lowest BCUT2D eigenvalue weighted by atomic mass is 9.90. The van der Waals surface area contributed by atoms with Crippen LogP contribution in [0.1, 0.15) is 22.6 Å². The number of hydrogen-bond donors (Lipinski definition) is 2. The highest BCUT2D eigenvalue weighted by molar-refractivity contribution is 6.24. The van der Waals surface area contributed by atoms with Crippen LogP contribution in [0.5, 0.6) is 0 Å². The van der Waals surface area contributed by atoms with Gasteiger partial charge in [-0.25, -0.2) is 0 Å². The number of nitrogens with zero attached hydrogens (tertiary/aromatic N) is 3. The van der Waals surface area contributed by atoms with Gasteiger partial charge in [0.2, 0.25) is 5.91 Å². The number of nitro benzene ring substituents is 1. The van der Waals surface area contributed by atoms with Crippen molar-refractivity contribution in [1.82, 2.24) is 5.32 Å². The Morgan fingerprint density at radius 2 is 1.88 bits per heavy atom. The number of hydrogen-bond acceptors (Lipinski definition) is 6. The minimum Gasteiger partial charge on any atom is -0.372 e. The molecular weight excluding hydrogens is 418 g/mol. The summed E-state index contributed by atoms with van der Waals surface area (Å²) in [6, 6.07) is 21.7. The van der Waals surface area contributed by atoms with Crippen LogP contribution < -0.4 is 10.6 Å².